The zero-order valence-corrected chi connectivity index (χ0v) is 11.6. The molecule has 0 spiro atoms. The highest BCUT2D eigenvalue weighted by molar-refractivity contribution is 5.77. The number of piperidine rings is 1. The fraction of sp³-hybridized carbons (Fsp3) is 0.533. The van der Waals surface area contributed by atoms with Crippen LogP contribution in [0.5, 0.6) is 5.75 Å². The number of likely N-dealkylation sites (tertiary alicyclic amines) is 1. The molecule has 1 fully saturated rings. The number of aryl methyl sites for hydroxylation is 2. The molecule has 1 aliphatic heterocycles. The lowest BCUT2D eigenvalue weighted by Gasteiger charge is -2.30. The predicted molar refractivity (Wildman–Crippen MR) is 73.2 cm³/mol. The molecule has 1 amide bonds. The van der Waals surface area contributed by atoms with E-state index in [1.54, 1.807) is 4.90 Å². The summed E-state index contributed by atoms with van der Waals surface area (Å²) < 4.78 is 5.52. The summed E-state index contributed by atoms with van der Waals surface area (Å²) in [6.45, 7) is 5.24. The third-order valence-corrected chi connectivity index (χ3v) is 3.59. The van der Waals surface area contributed by atoms with Crippen molar-refractivity contribution in [2.45, 2.75) is 32.8 Å². The standard InChI is InChI=1S/C15H21NO3/c1-11-5-6-14(8-12(11)2)19-10-15(18)16-7-3-4-13(17)9-16/h5-6,8,13,17H,3-4,7,9-10H2,1-2H3. The van der Waals surface area contributed by atoms with Gasteiger partial charge in [-0.15, -0.1) is 0 Å². The number of hydrogen-bond acceptors (Lipinski definition) is 3. The molecule has 0 aliphatic carbocycles. The van der Waals surface area contributed by atoms with Crippen LogP contribution in [0, 0.1) is 13.8 Å². The highest BCUT2D eigenvalue weighted by Gasteiger charge is 2.22. The van der Waals surface area contributed by atoms with Crippen molar-refractivity contribution in [3.8, 4) is 5.75 Å². The second-order valence-corrected chi connectivity index (χ2v) is 5.17. The molecular formula is C15H21NO3. The maximum atomic E-state index is 12.0. The number of β-amino-alcohol motifs (C(OH)–C–C–N with tert-alkyl or cyclic N) is 1. The largest absolute Gasteiger partial charge is 0.484 e. The van der Waals surface area contributed by atoms with Gasteiger partial charge in [0.1, 0.15) is 5.75 Å². The third-order valence-electron chi connectivity index (χ3n) is 3.59. The van der Waals surface area contributed by atoms with Crippen molar-refractivity contribution in [3.05, 3.63) is 29.3 Å². The van der Waals surface area contributed by atoms with E-state index in [9.17, 15) is 9.90 Å². The second-order valence-electron chi connectivity index (χ2n) is 5.17. The first-order chi connectivity index (χ1) is 9.06. The van der Waals surface area contributed by atoms with Crippen molar-refractivity contribution < 1.29 is 14.6 Å². The van der Waals surface area contributed by atoms with E-state index in [0.29, 0.717) is 18.8 Å². The van der Waals surface area contributed by atoms with Crippen LogP contribution in [-0.4, -0.2) is 41.7 Å². The Kier molecular flexibility index (Phi) is 4.43. The van der Waals surface area contributed by atoms with E-state index in [-0.39, 0.29) is 18.6 Å². The lowest BCUT2D eigenvalue weighted by molar-refractivity contribution is -0.136. The highest BCUT2D eigenvalue weighted by atomic mass is 16.5. The summed E-state index contributed by atoms with van der Waals surface area (Å²) in [7, 11) is 0. The van der Waals surface area contributed by atoms with E-state index in [2.05, 4.69) is 0 Å². The highest BCUT2D eigenvalue weighted by Crippen LogP contribution is 2.17. The van der Waals surface area contributed by atoms with Gasteiger partial charge in [0.15, 0.2) is 6.61 Å². The van der Waals surface area contributed by atoms with Crippen LogP contribution in [-0.2, 0) is 4.79 Å². The maximum absolute atomic E-state index is 12.0. The first-order valence-corrected chi connectivity index (χ1v) is 6.72. The normalized spacial score (nSPS) is 19.3. The number of ether oxygens (including phenoxy) is 1. The number of nitrogens with zero attached hydrogens (tertiary/aromatic N) is 1. The van der Waals surface area contributed by atoms with Crippen LogP contribution in [0.15, 0.2) is 18.2 Å². The van der Waals surface area contributed by atoms with Crippen LogP contribution < -0.4 is 4.74 Å². The van der Waals surface area contributed by atoms with E-state index < -0.39 is 0 Å². The van der Waals surface area contributed by atoms with Gasteiger partial charge in [0.05, 0.1) is 6.10 Å². The van der Waals surface area contributed by atoms with Gasteiger partial charge in [-0.3, -0.25) is 4.79 Å². The van der Waals surface area contributed by atoms with Gasteiger partial charge in [0.25, 0.3) is 5.91 Å². The second kappa shape index (κ2) is 6.06. The Labute approximate surface area is 114 Å². The number of benzene rings is 1. The number of amides is 1. The Balaban J connectivity index is 1.87. The van der Waals surface area contributed by atoms with Crippen LogP contribution in [0.25, 0.3) is 0 Å². The van der Waals surface area contributed by atoms with Gasteiger partial charge >= 0.3 is 0 Å². The molecule has 0 radical (unpaired) electrons. The maximum Gasteiger partial charge on any atom is 0.260 e. The molecule has 0 bridgehead atoms. The molecule has 4 nitrogen and oxygen atoms in total. The fourth-order valence-electron chi connectivity index (χ4n) is 2.22. The molecule has 19 heavy (non-hydrogen) atoms. The van der Waals surface area contributed by atoms with Gasteiger partial charge < -0.3 is 14.7 Å². The molecular weight excluding hydrogens is 242 g/mol. The summed E-state index contributed by atoms with van der Waals surface area (Å²) in [6.07, 6.45) is 1.25. The van der Waals surface area contributed by atoms with Crippen LogP contribution in [0.3, 0.4) is 0 Å². The molecule has 2 rings (SSSR count). The van der Waals surface area contributed by atoms with E-state index in [4.69, 9.17) is 4.74 Å². The summed E-state index contributed by atoms with van der Waals surface area (Å²) in [5, 5.41) is 9.55. The van der Waals surface area contributed by atoms with Crippen LogP contribution >= 0.6 is 0 Å². The SMILES string of the molecule is Cc1ccc(OCC(=O)N2CCCC(O)C2)cc1C. The molecule has 1 atom stereocenters. The van der Waals surface area contributed by atoms with Gasteiger partial charge in [-0.05, 0) is 49.9 Å². The topological polar surface area (TPSA) is 49.8 Å². The lowest BCUT2D eigenvalue weighted by Crippen LogP contribution is -2.44. The van der Waals surface area contributed by atoms with Crippen molar-refractivity contribution in [1.29, 1.82) is 0 Å². The molecule has 1 aromatic rings. The van der Waals surface area contributed by atoms with Gasteiger partial charge in [-0.1, -0.05) is 6.07 Å². The minimum Gasteiger partial charge on any atom is -0.484 e. The molecule has 104 valence electrons. The Morgan fingerprint density at radius 3 is 2.89 bits per heavy atom. The quantitative estimate of drug-likeness (QED) is 0.902. The van der Waals surface area contributed by atoms with E-state index in [0.717, 1.165) is 18.4 Å². The molecule has 0 aromatic heterocycles. The molecule has 1 saturated heterocycles. The Morgan fingerprint density at radius 1 is 1.42 bits per heavy atom. The minimum absolute atomic E-state index is 0.0369. The monoisotopic (exact) mass is 263 g/mol. The molecule has 1 aromatic carbocycles. The third kappa shape index (κ3) is 3.70. The lowest BCUT2D eigenvalue weighted by atomic mass is 10.1. The smallest absolute Gasteiger partial charge is 0.260 e. The van der Waals surface area contributed by atoms with Crippen molar-refractivity contribution >= 4 is 5.91 Å². The van der Waals surface area contributed by atoms with Crippen molar-refractivity contribution in [2.24, 2.45) is 0 Å². The number of aliphatic hydroxyl groups is 1. The molecule has 4 heteroatoms. The van der Waals surface area contributed by atoms with Crippen LogP contribution in [0.4, 0.5) is 0 Å². The average Bonchev–Trinajstić information content (AvgIpc) is 2.40. The van der Waals surface area contributed by atoms with Gasteiger partial charge in [-0.25, -0.2) is 0 Å². The summed E-state index contributed by atoms with van der Waals surface area (Å²) in [5.41, 5.74) is 2.36. The molecule has 0 saturated carbocycles. The molecule has 1 unspecified atom stereocenters. The van der Waals surface area contributed by atoms with Crippen LogP contribution in [0.1, 0.15) is 24.0 Å². The number of rotatable bonds is 3. The zero-order valence-electron chi connectivity index (χ0n) is 11.6. The van der Waals surface area contributed by atoms with E-state index in [1.807, 2.05) is 32.0 Å². The average molecular weight is 263 g/mol. The van der Waals surface area contributed by atoms with Gasteiger partial charge in [-0.2, -0.15) is 0 Å². The minimum atomic E-state index is -0.390. The summed E-state index contributed by atoms with van der Waals surface area (Å²) >= 11 is 0. The van der Waals surface area contributed by atoms with Crippen molar-refractivity contribution in [1.82, 2.24) is 4.90 Å². The Morgan fingerprint density at radius 2 is 2.21 bits per heavy atom. The van der Waals surface area contributed by atoms with Gasteiger partial charge in [0.2, 0.25) is 0 Å². The van der Waals surface area contributed by atoms with E-state index in [1.165, 1.54) is 5.56 Å². The molecule has 1 N–H and O–H groups in total. The fourth-order valence-corrected chi connectivity index (χ4v) is 2.22. The summed E-state index contributed by atoms with van der Waals surface area (Å²) in [4.78, 5) is 13.6. The van der Waals surface area contributed by atoms with Crippen LogP contribution in [0.2, 0.25) is 0 Å². The molecule has 1 aliphatic rings. The number of hydrogen-bond donors (Lipinski definition) is 1. The number of aliphatic hydroxyl groups excluding tert-OH is 1. The number of carbonyl (C=O) groups is 1. The van der Waals surface area contributed by atoms with Crippen molar-refractivity contribution in [2.75, 3.05) is 19.7 Å². The summed E-state index contributed by atoms with van der Waals surface area (Å²) in [5.74, 6) is 0.658. The van der Waals surface area contributed by atoms with Gasteiger partial charge in [0, 0.05) is 13.1 Å². The zero-order chi connectivity index (χ0) is 13.8. The summed E-state index contributed by atoms with van der Waals surface area (Å²) in [6, 6.07) is 5.80. The first kappa shape index (κ1) is 13.9. The Hall–Kier alpha value is -1.55. The first-order valence-electron chi connectivity index (χ1n) is 6.72. The van der Waals surface area contributed by atoms with Crippen molar-refractivity contribution in [3.63, 3.8) is 0 Å². The molecule has 1 heterocycles. The predicted octanol–water partition coefficient (Wildman–Crippen LogP) is 1.67. The Bertz CT molecular complexity index is 459. The van der Waals surface area contributed by atoms with E-state index >= 15 is 0 Å². The number of carbonyl (C=O) groups excluding carboxylic acids is 1.